The Labute approximate surface area is 335 Å². The summed E-state index contributed by atoms with van der Waals surface area (Å²) in [5.74, 6) is 2.31. The molecule has 0 atom stereocenters. The molecule has 8 aromatic carbocycles. The van der Waals surface area contributed by atoms with Crippen molar-refractivity contribution in [3.8, 4) is 85.1 Å². The molecule has 10 rings (SSSR count). The van der Waals surface area contributed by atoms with E-state index in [2.05, 4.69) is 66.7 Å². The molecule has 0 aliphatic carbocycles. The monoisotopic (exact) mass is 740 g/mol. The number of fused-ring (bicyclic) bond motifs is 2. The molecule has 58 heavy (non-hydrogen) atoms. The Kier molecular flexibility index (Phi) is 8.79. The maximum Gasteiger partial charge on any atom is 0.164 e. The molecular weight excluding hydrogens is 709 g/mol. The third-order valence-electron chi connectivity index (χ3n) is 10.4. The van der Waals surface area contributed by atoms with E-state index in [1.807, 2.05) is 133 Å². The van der Waals surface area contributed by atoms with Gasteiger partial charge in [0, 0.05) is 38.6 Å². The Hall–Kier alpha value is -8.14. The first-order chi connectivity index (χ1) is 28.7. The summed E-state index contributed by atoms with van der Waals surface area (Å²) < 4.78 is 0. The number of nitrogens with zero attached hydrogens (tertiary/aromatic N) is 6. The Morgan fingerprint density at radius 1 is 0.310 bits per heavy atom. The lowest BCUT2D eigenvalue weighted by Crippen LogP contribution is -2.02. The molecule has 6 heteroatoms. The van der Waals surface area contributed by atoms with Crippen LogP contribution in [-0.4, -0.2) is 24.9 Å². The summed E-state index contributed by atoms with van der Waals surface area (Å²) in [6.45, 7) is 0. The number of rotatable bonds is 7. The van der Waals surface area contributed by atoms with Crippen molar-refractivity contribution in [2.45, 2.75) is 0 Å². The van der Waals surface area contributed by atoms with Gasteiger partial charge in [-0.3, -0.25) is 0 Å². The van der Waals surface area contributed by atoms with Gasteiger partial charge in [0.15, 0.2) is 23.3 Å². The van der Waals surface area contributed by atoms with Crippen LogP contribution < -0.4 is 0 Å². The zero-order valence-corrected chi connectivity index (χ0v) is 31.2. The van der Waals surface area contributed by atoms with E-state index in [0.717, 1.165) is 77.4 Å². The summed E-state index contributed by atoms with van der Waals surface area (Å²) in [5, 5.41) is 12.7. The van der Waals surface area contributed by atoms with Crippen LogP contribution in [0.1, 0.15) is 5.56 Å². The molecule has 0 radical (unpaired) electrons. The first kappa shape index (κ1) is 34.4. The van der Waals surface area contributed by atoms with Gasteiger partial charge in [-0.1, -0.05) is 176 Å². The molecule has 0 aliphatic heterocycles. The molecule has 0 aliphatic rings. The summed E-state index contributed by atoms with van der Waals surface area (Å²) in [5.41, 5.74) is 10.9. The lowest BCUT2D eigenvalue weighted by Gasteiger charge is -2.16. The molecule has 10 aromatic rings. The summed E-state index contributed by atoms with van der Waals surface area (Å²) >= 11 is 0. The number of aromatic nitrogens is 5. The average Bonchev–Trinajstić information content (AvgIpc) is 3.31. The third-order valence-corrected chi connectivity index (χ3v) is 10.4. The summed E-state index contributed by atoms with van der Waals surface area (Å²) in [4.78, 5) is 25.8. The van der Waals surface area contributed by atoms with Gasteiger partial charge in [-0.2, -0.15) is 5.26 Å². The van der Waals surface area contributed by atoms with Crippen molar-refractivity contribution in [2.24, 2.45) is 0 Å². The van der Waals surface area contributed by atoms with Crippen LogP contribution in [0.3, 0.4) is 0 Å². The van der Waals surface area contributed by atoms with E-state index in [9.17, 15) is 5.26 Å². The minimum absolute atomic E-state index is 0.549. The van der Waals surface area contributed by atoms with Crippen molar-refractivity contribution in [1.29, 1.82) is 5.26 Å². The number of para-hydroxylation sites is 1. The normalized spacial score (nSPS) is 11.1. The van der Waals surface area contributed by atoms with Crippen LogP contribution in [0, 0.1) is 11.3 Å². The zero-order chi connectivity index (χ0) is 38.8. The molecule has 2 aromatic heterocycles. The highest BCUT2D eigenvalue weighted by molar-refractivity contribution is 6.00. The predicted molar refractivity (Wildman–Crippen MR) is 233 cm³/mol. The van der Waals surface area contributed by atoms with Crippen LogP contribution in [0.5, 0.6) is 0 Å². The molecule has 0 N–H and O–H groups in total. The van der Waals surface area contributed by atoms with E-state index in [0.29, 0.717) is 28.9 Å². The van der Waals surface area contributed by atoms with E-state index < -0.39 is 0 Å². The van der Waals surface area contributed by atoms with Crippen LogP contribution >= 0.6 is 0 Å². The fraction of sp³-hybridized carbons (Fsp3) is 0. The van der Waals surface area contributed by atoms with Gasteiger partial charge in [-0.05, 0) is 45.8 Å². The molecule has 2 heterocycles. The second kappa shape index (κ2) is 14.8. The first-order valence-corrected chi connectivity index (χ1v) is 19.1. The van der Waals surface area contributed by atoms with Gasteiger partial charge < -0.3 is 0 Å². The second-order valence-electron chi connectivity index (χ2n) is 13.9. The van der Waals surface area contributed by atoms with Crippen molar-refractivity contribution < 1.29 is 0 Å². The van der Waals surface area contributed by atoms with Gasteiger partial charge in [0.2, 0.25) is 0 Å². The molecule has 0 bridgehead atoms. The smallest absolute Gasteiger partial charge is 0.164 e. The summed E-state index contributed by atoms with van der Waals surface area (Å²) in [6.07, 6.45) is 0. The van der Waals surface area contributed by atoms with Gasteiger partial charge in [-0.25, -0.2) is 24.9 Å². The molecular formula is C52H32N6. The highest BCUT2D eigenvalue weighted by atomic mass is 15.0. The molecule has 6 nitrogen and oxygen atoms in total. The number of nitriles is 1. The Morgan fingerprint density at radius 3 is 1.50 bits per heavy atom. The van der Waals surface area contributed by atoms with Crippen LogP contribution in [-0.2, 0) is 0 Å². The highest BCUT2D eigenvalue weighted by Crippen LogP contribution is 2.39. The first-order valence-electron chi connectivity index (χ1n) is 19.1. The minimum Gasteiger partial charge on any atom is -0.228 e. The number of benzene rings is 8. The van der Waals surface area contributed by atoms with Crippen molar-refractivity contribution in [3.05, 3.63) is 200 Å². The minimum atomic E-state index is 0.549. The molecule has 0 saturated heterocycles. The van der Waals surface area contributed by atoms with Gasteiger partial charge >= 0.3 is 0 Å². The Morgan fingerprint density at radius 2 is 0.810 bits per heavy atom. The van der Waals surface area contributed by atoms with Crippen molar-refractivity contribution in [3.63, 3.8) is 0 Å². The quantitative estimate of drug-likeness (QED) is 0.162. The highest BCUT2D eigenvalue weighted by Gasteiger charge is 2.20. The van der Waals surface area contributed by atoms with E-state index >= 15 is 0 Å². The van der Waals surface area contributed by atoms with Crippen LogP contribution in [0.15, 0.2) is 194 Å². The van der Waals surface area contributed by atoms with Crippen LogP contribution in [0.4, 0.5) is 0 Å². The Bertz CT molecular complexity index is 3190. The fourth-order valence-electron chi connectivity index (χ4n) is 7.65. The average molecular weight is 741 g/mol. The van der Waals surface area contributed by atoms with Crippen molar-refractivity contribution in [1.82, 2.24) is 24.9 Å². The van der Waals surface area contributed by atoms with E-state index in [1.54, 1.807) is 0 Å². The van der Waals surface area contributed by atoms with E-state index in [1.165, 1.54) is 0 Å². The molecule has 0 unspecified atom stereocenters. The molecule has 0 amide bonds. The topological polar surface area (TPSA) is 88.2 Å². The number of hydrogen-bond donors (Lipinski definition) is 0. The van der Waals surface area contributed by atoms with Gasteiger partial charge in [0.25, 0.3) is 0 Å². The molecule has 0 spiro atoms. The number of hydrogen-bond acceptors (Lipinski definition) is 6. The van der Waals surface area contributed by atoms with Gasteiger partial charge in [-0.15, -0.1) is 0 Å². The summed E-state index contributed by atoms with van der Waals surface area (Å²) in [6, 6.07) is 67.5. The molecule has 270 valence electrons. The standard InChI is InChI=1S/C52H32N6/c53-33-38-30-31-40(41-23-8-7-22-39(38)41)36-20-15-21-37(32-36)50-56-49(35-18-5-2-6-19-35)57-52(58-50)45-27-12-10-25-43(45)42-24-9-11-26-44(42)51-54-47-29-14-13-28-46(47)48(55-51)34-16-3-1-4-17-34/h1-32H. The van der Waals surface area contributed by atoms with Crippen LogP contribution in [0.25, 0.3) is 101 Å². The maximum absolute atomic E-state index is 9.81. The third kappa shape index (κ3) is 6.33. The van der Waals surface area contributed by atoms with Gasteiger partial charge in [0.1, 0.15) is 0 Å². The SMILES string of the molecule is N#Cc1ccc(-c2cccc(-c3nc(-c4ccccc4)nc(-c4ccccc4-c4ccccc4-c4nc(-c5ccccc5)c5ccccc5n4)n3)c2)c2ccccc12. The van der Waals surface area contributed by atoms with Gasteiger partial charge in [0.05, 0.1) is 22.8 Å². The lowest BCUT2D eigenvalue weighted by molar-refractivity contribution is 1.07. The molecule has 0 saturated carbocycles. The van der Waals surface area contributed by atoms with Crippen molar-refractivity contribution in [2.75, 3.05) is 0 Å². The zero-order valence-electron chi connectivity index (χ0n) is 31.2. The second-order valence-corrected chi connectivity index (χ2v) is 13.9. The van der Waals surface area contributed by atoms with E-state index in [-0.39, 0.29) is 0 Å². The molecule has 0 fully saturated rings. The largest absolute Gasteiger partial charge is 0.228 e. The van der Waals surface area contributed by atoms with Crippen molar-refractivity contribution >= 4 is 21.7 Å². The summed E-state index contributed by atoms with van der Waals surface area (Å²) in [7, 11) is 0. The predicted octanol–water partition coefficient (Wildman–Crippen LogP) is 12.5. The van der Waals surface area contributed by atoms with Crippen LogP contribution in [0.2, 0.25) is 0 Å². The maximum atomic E-state index is 9.81. The fourth-order valence-corrected chi connectivity index (χ4v) is 7.65. The Balaban J connectivity index is 1.14. The lowest BCUT2D eigenvalue weighted by atomic mass is 9.94. The van der Waals surface area contributed by atoms with E-state index in [4.69, 9.17) is 24.9 Å².